The lowest BCUT2D eigenvalue weighted by Gasteiger charge is -2.29. The molecule has 0 saturated carbocycles. The Labute approximate surface area is 264 Å². The number of hydrogen-bond donors (Lipinski definition) is 1. The number of anilines is 1. The van der Waals surface area contributed by atoms with Crippen LogP contribution in [-0.2, 0) is 9.59 Å². The molecular weight excluding hydrogens is 588 g/mol. The number of thiocarbonyl (C=S) groups is 1. The van der Waals surface area contributed by atoms with Gasteiger partial charge in [0.1, 0.15) is 11.3 Å². The maximum absolute atomic E-state index is 14.0. The molecule has 0 radical (unpaired) electrons. The van der Waals surface area contributed by atoms with Crippen molar-refractivity contribution >= 4 is 46.6 Å². The first-order valence-electron chi connectivity index (χ1n) is 14.1. The van der Waals surface area contributed by atoms with Crippen LogP contribution in [0.2, 0.25) is 0 Å². The Morgan fingerprint density at radius 1 is 0.844 bits per heavy atom. The van der Waals surface area contributed by atoms with E-state index < -0.39 is 16.7 Å². The van der Waals surface area contributed by atoms with Crippen molar-refractivity contribution in [2.45, 2.75) is 6.92 Å². The molecule has 6 rings (SSSR count). The second kappa shape index (κ2) is 12.4. The van der Waals surface area contributed by atoms with Gasteiger partial charge in [0.2, 0.25) is 0 Å². The van der Waals surface area contributed by atoms with Crippen LogP contribution in [0.4, 0.5) is 11.4 Å². The minimum Gasteiger partial charge on any atom is -0.494 e. The summed E-state index contributed by atoms with van der Waals surface area (Å²) in [5, 5.41) is 14.0. The molecule has 4 aromatic carbocycles. The van der Waals surface area contributed by atoms with Gasteiger partial charge in [0, 0.05) is 29.4 Å². The van der Waals surface area contributed by atoms with E-state index in [2.05, 4.69) is 5.32 Å². The second-order valence-corrected chi connectivity index (χ2v) is 10.4. The molecule has 1 aromatic heterocycles. The summed E-state index contributed by atoms with van der Waals surface area (Å²) >= 11 is 5.43. The maximum atomic E-state index is 14.0. The molecule has 1 N–H and O–H groups in total. The van der Waals surface area contributed by atoms with Crippen molar-refractivity contribution in [1.82, 2.24) is 9.88 Å². The van der Waals surface area contributed by atoms with Gasteiger partial charge in [0.25, 0.3) is 17.5 Å². The average molecular weight is 615 g/mol. The van der Waals surface area contributed by atoms with Gasteiger partial charge in [-0.25, -0.2) is 0 Å². The minimum atomic E-state index is -0.620. The highest BCUT2D eigenvalue weighted by atomic mass is 32.1. The van der Waals surface area contributed by atoms with E-state index in [1.54, 1.807) is 42.5 Å². The second-order valence-electron chi connectivity index (χ2n) is 10.1. The molecule has 2 amide bonds. The molecule has 1 saturated heterocycles. The molecule has 1 aliphatic heterocycles. The Kier molecular flexibility index (Phi) is 8.04. The zero-order valence-electron chi connectivity index (χ0n) is 24.0. The van der Waals surface area contributed by atoms with Gasteiger partial charge >= 0.3 is 0 Å². The van der Waals surface area contributed by atoms with E-state index in [0.717, 1.165) is 16.8 Å². The molecule has 5 aromatic rings. The molecule has 2 heterocycles. The number of hydrogen-bond acceptors (Lipinski definition) is 6. The van der Waals surface area contributed by atoms with Gasteiger partial charge in [0.05, 0.1) is 28.6 Å². The van der Waals surface area contributed by atoms with Crippen molar-refractivity contribution in [3.8, 4) is 34.0 Å². The first-order valence-corrected chi connectivity index (χ1v) is 14.5. The summed E-state index contributed by atoms with van der Waals surface area (Å²) < 4.78 is 7.59. The summed E-state index contributed by atoms with van der Waals surface area (Å²) in [6, 6.07) is 34.3. The monoisotopic (exact) mass is 614 g/mol. The summed E-state index contributed by atoms with van der Waals surface area (Å²) in [6.07, 6.45) is 1.56. The molecular formula is C35H26N4O5S. The SMILES string of the molecule is CCOc1cccc(N2C(=O)/C(=C\c3cc(-c4ccccc4)n(-c4ccc([N+](=O)[O-])cc4)c3-c3ccccc3)C(=O)NC2=S)c1. The van der Waals surface area contributed by atoms with Crippen molar-refractivity contribution in [3.63, 3.8) is 0 Å². The van der Waals surface area contributed by atoms with Gasteiger partial charge in [-0.15, -0.1) is 0 Å². The number of nitrogens with one attached hydrogen (secondary N) is 1. The molecule has 1 fully saturated rings. The van der Waals surface area contributed by atoms with Crippen LogP contribution in [0.15, 0.2) is 121 Å². The van der Waals surface area contributed by atoms with Crippen LogP contribution < -0.4 is 15.0 Å². The number of nitro benzene ring substituents is 1. The van der Waals surface area contributed by atoms with E-state index in [0.29, 0.717) is 35.0 Å². The van der Waals surface area contributed by atoms with E-state index in [4.69, 9.17) is 17.0 Å². The van der Waals surface area contributed by atoms with Crippen molar-refractivity contribution in [3.05, 3.63) is 137 Å². The Balaban J connectivity index is 1.57. The normalized spacial score (nSPS) is 14.0. The van der Waals surface area contributed by atoms with Crippen LogP contribution in [0.5, 0.6) is 5.75 Å². The number of nitrogens with zero attached hydrogens (tertiary/aromatic N) is 3. The third kappa shape index (κ3) is 5.74. The lowest BCUT2D eigenvalue weighted by atomic mass is 10.0. The molecule has 45 heavy (non-hydrogen) atoms. The number of carbonyl (C=O) groups excluding carboxylic acids is 2. The van der Waals surface area contributed by atoms with E-state index in [1.165, 1.54) is 17.0 Å². The molecule has 222 valence electrons. The molecule has 0 aliphatic carbocycles. The van der Waals surface area contributed by atoms with Gasteiger partial charge in [-0.05, 0) is 66.7 Å². The smallest absolute Gasteiger partial charge is 0.270 e. The van der Waals surface area contributed by atoms with Crippen LogP contribution in [0.3, 0.4) is 0 Å². The molecule has 1 aliphatic rings. The fourth-order valence-electron chi connectivity index (χ4n) is 5.27. The standard InChI is InChI=1S/C35H26N4O5S/c1-2-44-29-15-9-14-28(22-29)38-34(41)30(33(40)36-35(38)45)20-25-21-31(23-10-5-3-6-11-23)37(32(25)24-12-7-4-8-13-24)26-16-18-27(19-17-26)39(42)43/h3-22H,2H2,1H3,(H,36,40,45)/b30-20-. The van der Waals surface area contributed by atoms with E-state index in [9.17, 15) is 19.7 Å². The molecule has 9 nitrogen and oxygen atoms in total. The van der Waals surface area contributed by atoms with Crippen molar-refractivity contribution in [2.24, 2.45) is 0 Å². The topological polar surface area (TPSA) is 107 Å². The third-order valence-corrected chi connectivity index (χ3v) is 7.54. The fourth-order valence-corrected chi connectivity index (χ4v) is 5.55. The number of ether oxygens (including phenoxy) is 1. The highest BCUT2D eigenvalue weighted by molar-refractivity contribution is 7.80. The van der Waals surface area contributed by atoms with Crippen molar-refractivity contribution < 1.29 is 19.2 Å². The first kappa shape index (κ1) is 29.2. The molecule has 0 bridgehead atoms. The molecule has 0 atom stereocenters. The van der Waals surface area contributed by atoms with Gasteiger partial charge in [0.15, 0.2) is 5.11 Å². The zero-order chi connectivity index (χ0) is 31.5. The van der Waals surface area contributed by atoms with Gasteiger partial charge in [-0.1, -0.05) is 66.7 Å². The zero-order valence-corrected chi connectivity index (χ0v) is 24.9. The predicted molar refractivity (Wildman–Crippen MR) is 177 cm³/mol. The predicted octanol–water partition coefficient (Wildman–Crippen LogP) is 6.95. The molecule has 10 heteroatoms. The van der Waals surface area contributed by atoms with Crippen molar-refractivity contribution in [2.75, 3.05) is 11.5 Å². The number of amides is 2. The molecule has 0 unspecified atom stereocenters. The minimum absolute atomic E-state index is 0.0347. The summed E-state index contributed by atoms with van der Waals surface area (Å²) in [5.74, 6) is -0.640. The Hall–Kier alpha value is -5.87. The highest BCUT2D eigenvalue weighted by Gasteiger charge is 2.35. The Morgan fingerprint density at radius 2 is 1.51 bits per heavy atom. The first-order chi connectivity index (χ1) is 21.9. The largest absolute Gasteiger partial charge is 0.494 e. The van der Waals surface area contributed by atoms with Crippen molar-refractivity contribution in [1.29, 1.82) is 0 Å². The lowest BCUT2D eigenvalue weighted by molar-refractivity contribution is -0.384. The number of rotatable bonds is 8. The lowest BCUT2D eigenvalue weighted by Crippen LogP contribution is -2.54. The number of aromatic nitrogens is 1. The average Bonchev–Trinajstić information content (AvgIpc) is 3.43. The van der Waals surface area contributed by atoms with Gasteiger partial charge in [-0.2, -0.15) is 0 Å². The Bertz CT molecular complexity index is 1970. The number of benzene rings is 4. The van der Waals surface area contributed by atoms with Gasteiger partial charge < -0.3 is 9.30 Å². The summed E-state index contributed by atoms with van der Waals surface area (Å²) in [6.45, 7) is 2.31. The third-order valence-electron chi connectivity index (χ3n) is 7.25. The quantitative estimate of drug-likeness (QED) is 0.0667. The van der Waals surface area contributed by atoms with E-state index in [1.807, 2.05) is 78.2 Å². The van der Waals surface area contributed by atoms with E-state index >= 15 is 0 Å². The van der Waals surface area contributed by atoms with Crippen LogP contribution in [-0.4, -0.2) is 33.0 Å². The van der Waals surface area contributed by atoms with Gasteiger partial charge in [-0.3, -0.25) is 29.9 Å². The van der Waals surface area contributed by atoms with E-state index in [-0.39, 0.29) is 16.4 Å². The van der Waals surface area contributed by atoms with Crippen LogP contribution in [0, 0.1) is 10.1 Å². The van der Waals surface area contributed by atoms with Crippen LogP contribution >= 0.6 is 12.2 Å². The molecule has 0 spiro atoms. The summed E-state index contributed by atoms with van der Waals surface area (Å²) in [4.78, 5) is 39.6. The number of nitro groups is 1. The summed E-state index contributed by atoms with van der Waals surface area (Å²) in [5.41, 5.74) is 4.69. The number of non-ortho nitro benzene ring substituents is 1. The fraction of sp³-hybridized carbons (Fsp3) is 0.0571. The number of carbonyl (C=O) groups is 2. The van der Waals surface area contributed by atoms with Crippen LogP contribution in [0.1, 0.15) is 12.5 Å². The van der Waals surface area contributed by atoms with Crippen LogP contribution in [0.25, 0.3) is 34.3 Å². The Morgan fingerprint density at radius 3 is 2.16 bits per heavy atom. The maximum Gasteiger partial charge on any atom is 0.270 e. The summed E-state index contributed by atoms with van der Waals surface area (Å²) in [7, 11) is 0. The highest BCUT2D eigenvalue weighted by Crippen LogP contribution is 2.38.